The third kappa shape index (κ3) is 3.61. The Morgan fingerprint density at radius 1 is 1.19 bits per heavy atom. The van der Waals surface area contributed by atoms with Gasteiger partial charge in [0.2, 0.25) is 5.76 Å². The van der Waals surface area contributed by atoms with Gasteiger partial charge in [0, 0.05) is 24.6 Å². The second-order valence-corrected chi connectivity index (χ2v) is 6.41. The lowest BCUT2D eigenvalue weighted by Gasteiger charge is -2.33. The van der Waals surface area contributed by atoms with Gasteiger partial charge in [-0.2, -0.15) is 0 Å². The van der Waals surface area contributed by atoms with E-state index in [2.05, 4.69) is 15.8 Å². The molecule has 3 heterocycles. The molecule has 2 aromatic heterocycles. The van der Waals surface area contributed by atoms with Crippen LogP contribution in [0.4, 0.5) is 8.78 Å². The van der Waals surface area contributed by atoms with Crippen molar-refractivity contribution in [2.24, 2.45) is 0 Å². The van der Waals surface area contributed by atoms with Crippen molar-refractivity contribution in [2.45, 2.75) is 18.4 Å². The van der Waals surface area contributed by atoms with Crippen molar-refractivity contribution in [3.63, 3.8) is 0 Å². The van der Waals surface area contributed by atoms with Gasteiger partial charge < -0.3 is 19.6 Å². The topological polar surface area (TPSA) is 80.3 Å². The van der Waals surface area contributed by atoms with E-state index < -0.39 is 17.5 Å². The van der Waals surface area contributed by atoms with Crippen molar-refractivity contribution in [1.29, 1.82) is 0 Å². The average molecular weight is 373 g/mol. The van der Waals surface area contributed by atoms with Crippen LogP contribution in [0.2, 0.25) is 0 Å². The second-order valence-electron chi connectivity index (χ2n) is 6.41. The number of carbonyl (C=O) groups is 1. The molecule has 0 spiro atoms. The molecule has 1 fully saturated rings. The molecular formula is C19H17F2N3O3. The predicted molar refractivity (Wildman–Crippen MR) is 92.0 cm³/mol. The number of furan rings is 1. The third-order valence-electron chi connectivity index (χ3n) is 4.68. The van der Waals surface area contributed by atoms with Gasteiger partial charge in [-0.3, -0.25) is 4.79 Å². The Bertz CT molecular complexity index is 940. The second kappa shape index (κ2) is 7.32. The normalized spacial score (nSPS) is 19.8. The van der Waals surface area contributed by atoms with Gasteiger partial charge in [-0.25, -0.2) is 8.78 Å². The Labute approximate surface area is 153 Å². The predicted octanol–water partition coefficient (Wildman–Crippen LogP) is 3.09. The van der Waals surface area contributed by atoms with E-state index in [1.165, 1.54) is 18.4 Å². The smallest absolute Gasteiger partial charge is 0.273 e. The van der Waals surface area contributed by atoms with Gasteiger partial charge in [-0.05, 0) is 42.8 Å². The van der Waals surface area contributed by atoms with Gasteiger partial charge in [0.25, 0.3) is 5.91 Å². The monoisotopic (exact) mass is 373 g/mol. The van der Waals surface area contributed by atoms with Crippen LogP contribution in [0.25, 0.3) is 11.5 Å². The Balaban J connectivity index is 1.51. The van der Waals surface area contributed by atoms with Crippen molar-refractivity contribution < 1.29 is 22.5 Å². The lowest BCUT2D eigenvalue weighted by molar-refractivity contribution is 0.0915. The summed E-state index contributed by atoms with van der Waals surface area (Å²) in [7, 11) is 0. The summed E-state index contributed by atoms with van der Waals surface area (Å²) in [5.41, 5.74) is 0.771. The molecular weight excluding hydrogens is 356 g/mol. The molecule has 2 N–H and O–H groups in total. The number of hydrogen-bond acceptors (Lipinski definition) is 5. The molecule has 1 aromatic carbocycles. The Kier molecular flexibility index (Phi) is 4.72. The number of rotatable bonds is 4. The van der Waals surface area contributed by atoms with Crippen molar-refractivity contribution in [2.75, 3.05) is 13.1 Å². The molecule has 1 saturated heterocycles. The van der Waals surface area contributed by atoms with Crippen molar-refractivity contribution in [3.05, 3.63) is 65.6 Å². The summed E-state index contributed by atoms with van der Waals surface area (Å²) >= 11 is 0. The summed E-state index contributed by atoms with van der Waals surface area (Å²) in [5, 5.41) is 9.89. The summed E-state index contributed by atoms with van der Waals surface area (Å²) in [5.74, 6) is -1.50. The molecule has 2 atom stereocenters. The van der Waals surface area contributed by atoms with Crippen LogP contribution in [0.15, 0.2) is 51.6 Å². The first-order chi connectivity index (χ1) is 13.1. The zero-order valence-electron chi connectivity index (χ0n) is 14.2. The van der Waals surface area contributed by atoms with E-state index in [9.17, 15) is 13.6 Å². The fourth-order valence-electron chi connectivity index (χ4n) is 3.31. The summed E-state index contributed by atoms with van der Waals surface area (Å²) in [6.45, 7) is 1.24. The molecule has 6 nitrogen and oxygen atoms in total. The van der Waals surface area contributed by atoms with E-state index >= 15 is 0 Å². The molecule has 0 saturated carbocycles. The molecule has 140 valence electrons. The van der Waals surface area contributed by atoms with E-state index in [-0.39, 0.29) is 17.7 Å². The molecule has 3 aromatic rings. The molecule has 0 bridgehead atoms. The van der Waals surface area contributed by atoms with Gasteiger partial charge in [-0.15, -0.1) is 0 Å². The third-order valence-corrected chi connectivity index (χ3v) is 4.68. The van der Waals surface area contributed by atoms with Gasteiger partial charge in [0.1, 0.15) is 0 Å². The molecule has 4 rings (SSSR count). The van der Waals surface area contributed by atoms with E-state index in [0.717, 1.165) is 12.6 Å². The number of benzene rings is 1. The number of amides is 1. The quantitative estimate of drug-likeness (QED) is 0.735. The maximum absolute atomic E-state index is 13.6. The fourth-order valence-corrected chi connectivity index (χ4v) is 3.31. The molecule has 0 radical (unpaired) electrons. The molecule has 8 heteroatoms. The maximum atomic E-state index is 13.6. The zero-order valence-corrected chi connectivity index (χ0v) is 14.2. The summed E-state index contributed by atoms with van der Waals surface area (Å²) in [6.07, 6.45) is 2.18. The lowest BCUT2D eigenvalue weighted by Crippen LogP contribution is -2.50. The van der Waals surface area contributed by atoms with Crippen molar-refractivity contribution >= 4 is 5.91 Å². The first-order valence-corrected chi connectivity index (χ1v) is 8.59. The van der Waals surface area contributed by atoms with Crippen LogP contribution in [0.5, 0.6) is 0 Å². The van der Waals surface area contributed by atoms with Crippen LogP contribution in [0, 0.1) is 11.6 Å². The van der Waals surface area contributed by atoms with E-state index in [1.807, 2.05) is 0 Å². The molecule has 1 aliphatic rings. The summed E-state index contributed by atoms with van der Waals surface area (Å²) in [4.78, 5) is 12.6. The lowest BCUT2D eigenvalue weighted by atomic mass is 9.86. The van der Waals surface area contributed by atoms with Gasteiger partial charge >= 0.3 is 0 Å². The number of halogens is 2. The highest BCUT2D eigenvalue weighted by Gasteiger charge is 2.29. The number of nitrogens with one attached hydrogen (secondary N) is 2. The van der Waals surface area contributed by atoms with E-state index in [4.69, 9.17) is 8.94 Å². The molecule has 0 aliphatic carbocycles. The Morgan fingerprint density at radius 2 is 2.07 bits per heavy atom. The van der Waals surface area contributed by atoms with Crippen LogP contribution in [-0.4, -0.2) is 30.2 Å². The number of aromatic nitrogens is 1. The number of carbonyl (C=O) groups excluding carboxylic acids is 1. The largest absolute Gasteiger partial charge is 0.461 e. The minimum atomic E-state index is -0.893. The highest BCUT2D eigenvalue weighted by atomic mass is 19.2. The first kappa shape index (κ1) is 17.4. The minimum absolute atomic E-state index is 0.121. The van der Waals surface area contributed by atoms with Crippen molar-refractivity contribution in [1.82, 2.24) is 15.8 Å². The Hall–Kier alpha value is -3.00. The Morgan fingerprint density at radius 3 is 2.85 bits per heavy atom. The molecule has 1 amide bonds. The van der Waals surface area contributed by atoms with Gasteiger partial charge in [0.05, 0.1) is 6.26 Å². The molecule has 27 heavy (non-hydrogen) atoms. The summed E-state index contributed by atoms with van der Waals surface area (Å²) < 4.78 is 37.2. The highest BCUT2D eigenvalue weighted by Crippen LogP contribution is 2.27. The first-order valence-electron chi connectivity index (χ1n) is 8.59. The van der Waals surface area contributed by atoms with Crippen LogP contribution < -0.4 is 10.6 Å². The van der Waals surface area contributed by atoms with Gasteiger partial charge in [0.15, 0.2) is 23.1 Å². The molecule has 1 aliphatic heterocycles. The standard InChI is InChI=1S/C19H17F2N3O3/c20-13-4-3-11(8-14(13)21)12-5-6-22-10-16(12)23-19(25)15-9-18(27-24-15)17-2-1-7-26-17/h1-4,7-9,12,16,22H,5-6,10H2,(H,23,25). The van der Waals surface area contributed by atoms with Crippen LogP contribution in [-0.2, 0) is 0 Å². The SMILES string of the molecule is O=C(NC1CNCCC1c1ccc(F)c(F)c1)c1cc(-c2ccco2)on1. The van der Waals surface area contributed by atoms with Gasteiger partial charge in [-0.1, -0.05) is 11.2 Å². The van der Waals surface area contributed by atoms with Crippen LogP contribution >= 0.6 is 0 Å². The number of piperidine rings is 1. The van der Waals surface area contributed by atoms with Crippen LogP contribution in [0.3, 0.4) is 0 Å². The summed E-state index contributed by atoms with van der Waals surface area (Å²) in [6, 6.07) is 8.47. The minimum Gasteiger partial charge on any atom is -0.461 e. The fraction of sp³-hybridized carbons (Fsp3) is 0.263. The zero-order chi connectivity index (χ0) is 18.8. The average Bonchev–Trinajstić information content (AvgIpc) is 3.36. The van der Waals surface area contributed by atoms with E-state index in [0.29, 0.717) is 30.0 Å². The van der Waals surface area contributed by atoms with E-state index in [1.54, 1.807) is 18.2 Å². The maximum Gasteiger partial charge on any atom is 0.273 e. The number of nitrogens with zero attached hydrogens (tertiary/aromatic N) is 1. The van der Waals surface area contributed by atoms with Crippen molar-refractivity contribution in [3.8, 4) is 11.5 Å². The van der Waals surface area contributed by atoms with Crippen LogP contribution in [0.1, 0.15) is 28.4 Å². The molecule has 2 unspecified atom stereocenters. The number of hydrogen-bond donors (Lipinski definition) is 2. The highest BCUT2D eigenvalue weighted by molar-refractivity contribution is 5.93.